The van der Waals surface area contributed by atoms with Gasteiger partial charge in [-0.2, -0.15) is 10.2 Å². The molecule has 2 heterocycles. The second kappa shape index (κ2) is 8.34. The minimum atomic E-state index is -0.972. The van der Waals surface area contributed by atoms with Gasteiger partial charge in [0.25, 0.3) is 0 Å². The highest BCUT2D eigenvalue weighted by Gasteiger charge is 2.48. The average molecular weight is 424 g/mol. The number of ether oxygens (including phenoxy) is 1. The van der Waals surface area contributed by atoms with Gasteiger partial charge in [-0.1, -0.05) is 0 Å². The van der Waals surface area contributed by atoms with Crippen molar-refractivity contribution in [3.8, 4) is 17.0 Å². The molecule has 3 aromatic rings. The maximum atomic E-state index is 14.4. The summed E-state index contributed by atoms with van der Waals surface area (Å²) >= 11 is 0. The van der Waals surface area contributed by atoms with E-state index in [1.807, 2.05) is 0 Å². The van der Waals surface area contributed by atoms with Crippen molar-refractivity contribution in [3.63, 3.8) is 0 Å². The first kappa shape index (κ1) is 20.8. The Balaban J connectivity index is 1.56. The highest BCUT2D eigenvalue weighted by atomic mass is 19.1. The van der Waals surface area contributed by atoms with Gasteiger partial charge in [0, 0.05) is 11.6 Å². The molecule has 0 amide bonds. The molecule has 5 nitrogen and oxygen atoms in total. The number of methoxy groups -OCH3 is 1. The quantitative estimate of drug-likeness (QED) is 0.499. The fourth-order valence-corrected chi connectivity index (χ4v) is 4.15. The molecule has 1 aliphatic carbocycles. The van der Waals surface area contributed by atoms with E-state index in [1.54, 1.807) is 12.1 Å². The van der Waals surface area contributed by atoms with Crippen molar-refractivity contribution in [1.29, 1.82) is 0 Å². The Morgan fingerprint density at radius 1 is 1.13 bits per heavy atom. The molecular weight excluding hydrogens is 405 g/mol. The van der Waals surface area contributed by atoms with Crippen LogP contribution in [0, 0.1) is 18.2 Å². The van der Waals surface area contributed by atoms with Crippen LogP contribution >= 0.6 is 0 Å². The number of nitrogens with zero attached hydrogens (tertiary/aromatic N) is 4. The molecule has 31 heavy (non-hydrogen) atoms. The molecule has 0 saturated heterocycles. The highest BCUT2D eigenvalue weighted by molar-refractivity contribution is 5.77. The number of halogens is 3. The van der Waals surface area contributed by atoms with Crippen molar-refractivity contribution in [1.82, 2.24) is 15.2 Å². The Morgan fingerprint density at radius 3 is 2.55 bits per heavy atom. The Morgan fingerprint density at radius 2 is 1.94 bits per heavy atom. The summed E-state index contributed by atoms with van der Waals surface area (Å²) in [6.07, 6.45) is 1.90. The third-order valence-corrected chi connectivity index (χ3v) is 5.73. The average Bonchev–Trinajstić information content (AvgIpc) is 2.76. The zero-order valence-electron chi connectivity index (χ0n) is 16.8. The lowest BCUT2D eigenvalue weighted by Crippen LogP contribution is -2.44. The number of aryl methyl sites for hydroxylation is 1. The molecule has 4 rings (SSSR count). The SMILES string of the molecule is [C-]#[N+]c1ccc(F)c(-c2ccc(CCC3(c4ncccc4F)CC(F)C3)nn2)c1OC. The van der Waals surface area contributed by atoms with Crippen molar-refractivity contribution >= 4 is 5.69 Å². The highest BCUT2D eigenvalue weighted by Crippen LogP contribution is 2.48. The van der Waals surface area contributed by atoms with E-state index in [9.17, 15) is 13.2 Å². The van der Waals surface area contributed by atoms with Gasteiger partial charge in [0.05, 0.1) is 36.3 Å². The van der Waals surface area contributed by atoms with E-state index < -0.39 is 23.2 Å². The first-order chi connectivity index (χ1) is 15.0. The van der Waals surface area contributed by atoms with Gasteiger partial charge in [0.15, 0.2) is 0 Å². The number of pyridine rings is 1. The van der Waals surface area contributed by atoms with Crippen LogP contribution in [0.5, 0.6) is 5.75 Å². The fourth-order valence-electron chi connectivity index (χ4n) is 4.15. The van der Waals surface area contributed by atoms with E-state index in [0.29, 0.717) is 18.5 Å². The van der Waals surface area contributed by atoms with Crippen LogP contribution in [0.1, 0.15) is 30.7 Å². The van der Waals surface area contributed by atoms with Crippen LogP contribution in [0.25, 0.3) is 16.1 Å². The summed E-state index contributed by atoms with van der Waals surface area (Å²) in [5.41, 5.74) is 0.723. The maximum absolute atomic E-state index is 14.4. The number of hydrogen-bond donors (Lipinski definition) is 0. The molecule has 1 fully saturated rings. The smallest absolute Gasteiger partial charge is 0.229 e. The molecular formula is C23H19F3N4O. The standard InChI is InChI=1S/C23H19F3N4O/c1-27-19-8-6-16(25)20(21(19)31-2)18-7-5-15(29-30-18)9-10-23(12-14(24)13-23)22-17(26)4-3-11-28-22/h3-8,11,14H,9-10,12-13H2,2H3. The lowest BCUT2D eigenvalue weighted by molar-refractivity contribution is 0.0794. The Bertz CT molecular complexity index is 1140. The summed E-state index contributed by atoms with van der Waals surface area (Å²) in [7, 11) is 1.36. The number of rotatable bonds is 6. The van der Waals surface area contributed by atoms with Gasteiger partial charge in [-0.3, -0.25) is 4.98 Å². The summed E-state index contributed by atoms with van der Waals surface area (Å²) < 4.78 is 47.7. The van der Waals surface area contributed by atoms with Crippen LogP contribution in [0.15, 0.2) is 42.6 Å². The minimum Gasteiger partial charge on any atom is -0.507 e. The van der Waals surface area contributed by atoms with E-state index in [2.05, 4.69) is 20.0 Å². The van der Waals surface area contributed by atoms with Gasteiger partial charge in [-0.15, -0.1) is 0 Å². The molecule has 8 heteroatoms. The summed E-state index contributed by atoms with van der Waals surface area (Å²) in [5, 5.41) is 8.27. The normalized spacial score (nSPS) is 20.0. The molecule has 0 spiro atoms. The van der Waals surface area contributed by atoms with Gasteiger partial charge < -0.3 is 4.74 Å². The second-order valence-corrected chi connectivity index (χ2v) is 7.62. The number of aromatic nitrogens is 3. The summed E-state index contributed by atoms with van der Waals surface area (Å²) in [5.74, 6) is -0.900. The van der Waals surface area contributed by atoms with Gasteiger partial charge in [0.2, 0.25) is 5.69 Å². The number of alkyl halides is 1. The van der Waals surface area contributed by atoms with E-state index in [1.165, 1.54) is 37.6 Å². The first-order valence-corrected chi connectivity index (χ1v) is 9.79. The molecule has 0 aliphatic heterocycles. The molecule has 1 aromatic carbocycles. The minimum absolute atomic E-state index is 0.0707. The van der Waals surface area contributed by atoms with Crippen LogP contribution in [-0.4, -0.2) is 28.5 Å². The first-order valence-electron chi connectivity index (χ1n) is 9.79. The maximum Gasteiger partial charge on any atom is 0.229 e. The van der Waals surface area contributed by atoms with Crippen molar-refractivity contribution < 1.29 is 17.9 Å². The van der Waals surface area contributed by atoms with Crippen LogP contribution in [0.4, 0.5) is 18.9 Å². The molecule has 0 N–H and O–H groups in total. The third-order valence-electron chi connectivity index (χ3n) is 5.73. The second-order valence-electron chi connectivity index (χ2n) is 7.62. The summed E-state index contributed by atoms with van der Waals surface area (Å²) in [6.45, 7) is 7.22. The van der Waals surface area contributed by atoms with E-state index in [-0.39, 0.29) is 41.2 Å². The summed E-state index contributed by atoms with van der Waals surface area (Å²) in [6, 6.07) is 8.68. The van der Waals surface area contributed by atoms with Crippen molar-refractivity contribution in [2.75, 3.05) is 7.11 Å². The van der Waals surface area contributed by atoms with Crippen molar-refractivity contribution in [2.24, 2.45) is 0 Å². The van der Waals surface area contributed by atoms with Crippen molar-refractivity contribution in [2.45, 2.75) is 37.3 Å². The molecule has 1 saturated carbocycles. The molecule has 0 bridgehead atoms. The van der Waals surface area contributed by atoms with Gasteiger partial charge in [-0.05, 0) is 62.1 Å². The van der Waals surface area contributed by atoms with Crippen LogP contribution in [0.2, 0.25) is 0 Å². The molecule has 2 aromatic heterocycles. The molecule has 0 radical (unpaired) electrons. The number of benzene rings is 1. The Hall–Kier alpha value is -3.47. The van der Waals surface area contributed by atoms with E-state index in [0.717, 1.165) is 0 Å². The van der Waals surface area contributed by atoms with Crippen LogP contribution in [0.3, 0.4) is 0 Å². The Labute approximate surface area is 177 Å². The monoisotopic (exact) mass is 424 g/mol. The van der Waals surface area contributed by atoms with Crippen LogP contribution < -0.4 is 4.74 Å². The van der Waals surface area contributed by atoms with Crippen LogP contribution in [-0.2, 0) is 11.8 Å². The van der Waals surface area contributed by atoms with Gasteiger partial charge >= 0.3 is 0 Å². The van der Waals surface area contributed by atoms with Crippen molar-refractivity contribution in [3.05, 3.63) is 77.0 Å². The van der Waals surface area contributed by atoms with E-state index >= 15 is 0 Å². The molecule has 0 unspecified atom stereocenters. The molecule has 0 atom stereocenters. The molecule has 158 valence electrons. The fraction of sp³-hybridized carbons (Fsp3) is 0.304. The zero-order valence-corrected chi connectivity index (χ0v) is 16.8. The third kappa shape index (κ3) is 3.83. The topological polar surface area (TPSA) is 52.3 Å². The largest absolute Gasteiger partial charge is 0.507 e. The van der Waals surface area contributed by atoms with E-state index in [4.69, 9.17) is 11.3 Å². The zero-order chi connectivity index (χ0) is 22.0. The lowest BCUT2D eigenvalue weighted by atomic mass is 9.62. The predicted octanol–water partition coefficient (Wildman–Crippen LogP) is 5.38. The molecule has 1 aliphatic rings. The van der Waals surface area contributed by atoms with Gasteiger partial charge in [0.1, 0.15) is 23.6 Å². The number of hydrogen-bond acceptors (Lipinski definition) is 4. The lowest BCUT2D eigenvalue weighted by Gasteiger charge is -2.44. The Kier molecular flexibility index (Phi) is 5.59. The predicted molar refractivity (Wildman–Crippen MR) is 109 cm³/mol. The van der Waals surface area contributed by atoms with Gasteiger partial charge in [-0.25, -0.2) is 18.0 Å². The summed E-state index contributed by atoms with van der Waals surface area (Å²) in [4.78, 5) is 7.50.